The summed E-state index contributed by atoms with van der Waals surface area (Å²) in [6, 6.07) is 52.1. The van der Waals surface area contributed by atoms with Crippen molar-refractivity contribution in [1.29, 1.82) is 0 Å². The maximum atomic E-state index is 6.44. The van der Waals surface area contributed by atoms with Gasteiger partial charge in [-0.2, -0.15) is 0 Å². The first-order valence-electron chi connectivity index (χ1n) is 17.2. The number of rotatable bonds is 6. The van der Waals surface area contributed by atoms with E-state index in [4.69, 9.17) is 14.1 Å². The van der Waals surface area contributed by atoms with E-state index in [1.165, 1.54) is 5.56 Å². The zero-order chi connectivity index (χ0) is 34.5. The number of para-hydroxylation sites is 4. The largest absolute Gasteiger partial charge is 0.458 e. The third-order valence-corrected chi connectivity index (χ3v) is 9.46. The molecule has 5 heteroatoms. The quantitative estimate of drug-likeness (QED) is 0.132. The number of aromatic nitrogens is 3. The summed E-state index contributed by atoms with van der Waals surface area (Å²) in [6.45, 7) is 6.69. The van der Waals surface area contributed by atoms with Gasteiger partial charge in [0.05, 0.1) is 28.1 Å². The summed E-state index contributed by atoms with van der Waals surface area (Å²) >= 11 is 0. The van der Waals surface area contributed by atoms with E-state index in [9.17, 15) is 0 Å². The van der Waals surface area contributed by atoms with Gasteiger partial charge in [0.25, 0.3) is 6.33 Å². The fraction of sp³-hybridized carbons (Fsp3) is 0.0870. The van der Waals surface area contributed by atoms with Gasteiger partial charge in [-0.05, 0) is 88.8 Å². The summed E-state index contributed by atoms with van der Waals surface area (Å²) in [5.41, 5.74) is 11.3. The lowest BCUT2D eigenvalue weighted by Crippen LogP contribution is -2.30. The number of benzene rings is 6. The van der Waals surface area contributed by atoms with Crippen LogP contribution in [0.2, 0.25) is 0 Å². The van der Waals surface area contributed by atoms with E-state index in [1.807, 2.05) is 54.7 Å². The Labute approximate surface area is 296 Å². The number of pyridine rings is 1. The number of fused-ring (bicyclic) bond motifs is 4. The van der Waals surface area contributed by atoms with Crippen LogP contribution < -0.4 is 9.30 Å². The summed E-state index contributed by atoms with van der Waals surface area (Å²) in [7, 11) is 0. The molecule has 0 saturated heterocycles. The summed E-state index contributed by atoms with van der Waals surface area (Å²) < 4.78 is 16.7. The predicted octanol–water partition coefficient (Wildman–Crippen LogP) is 11.4. The van der Waals surface area contributed by atoms with Crippen molar-refractivity contribution in [2.75, 3.05) is 0 Å². The molecular weight excluding hydrogens is 627 g/mol. The maximum Gasteiger partial charge on any atom is 0.269 e. The SMILES string of the molecule is CC(C)(C)c1ccnc(-c2cccc(-c3ccccc3-[n+]3[c-]n(-c4cccc(Oc5ccc6oc7ccccc7c6c5)c4)c4ccccc43)c2)c1. The Morgan fingerprint density at radius 2 is 1.41 bits per heavy atom. The van der Waals surface area contributed by atoms with Crippen LogP contribution in [0.1, 0.15) is 26.3 Å². The highest BCUT2D eigenvalue weighted by Crippen LogP contribution is 2.35. The number of hydrogen-bond donors (Lipinski definition) is 0. The van der Waals surface area contributed by atoms with Crippen LogP contribution in [-0.4, -0.2) is 9.55 Å². The summed E-state index contributed by atoms with van der Waals surface area (Å²) in [5, 5.41) is 2.10. The third kappa shape index (κ3) is 5.63. The molecule has 0 fully saturated rings. The molecule has 246 valence electrons. The van der Waals surface area contributed by atoms with Crippen molar-refractivity contribution in [3.8, 4) is 45.3 Å². The van der Waals surface area contributed by atoms with Crippen LogP contribution in [0.15, 0.2) is 162 Å². The second-order valence-corrected chi connectivity index (χ2v) is 13.9. The van der Waals surface area contributed by atoms with Gasteiger partial charge in [0.1, 0.15) is 22.7 Å². The number of imidazole rings is 1. The van der Waals surface area contributed by atoms with E-state index in [1.54, 1.807) is 0 Å². The second kappa shape index (κ2) is 12.1. The lowest BCUT2D eigenvalue weighted by molar-refractivity contribution is -0.571. The Hall–Kier alpha value is -6.46. The molecule has 0 atom stereocenters. The molecule has 0 radical (unpaired) electrons. The lowest BCUT2D eigenvalue weighted by atomic mass is 9.87. The van der Waals surface area contributed by atoms with E-state index in [-0.39, 0.29) is 5.41 Å². The normalized spacial score (nSPS) is 11.8. The molecule has 0 amide bonds. The summed E-state index contributed by atoms with van der Waals surface area (Å²) in [5.74, 6) is 1.48. The Kier molecular flexibility index (Phi) is 7.29. The van der Waals surface area contributed by atoms with E-state index in [0.29, 0.717) is 0 Å². The van der Waals surface area contributed by atoms with Crippen molar-refractivity contribution >= 4 is 33.0 Å². The second-order valence-electron chi connectivity index (χ2n) is 13.9. The molecule has 3 heterocycles. The molecule has 9 aromatic rings. The van der Waals surface area contributed by atoms with Gasteiger partial charge in [0, 0.05) is 22.5 Å². The number of furan rings is 1. The van der Waals surface area contributed by atoms with Crippen LogP contribution in [0.3, 0.4) is 0 Å². The highest BCUT2D eigenvalue weighted by atomic mass is 16.5. The minimum atomic E-state index is 0.0398. The molecular formula is C46H35N3O2. The van der Waals surface area contributed by atoms with Crippen molar-refractivity contribution in [3.05, 3.63) is 170 Å². The number of ether oxygens (including phenoxy) is 1. The van der Waals surface area contributed by atoms with Gasteiger partial charge in [-0.1, -0.05) is 106 Å². The molecule has 5 nitrogen and oxygen atoms in total. The van der Waals surface area contributed by atoms with E-state index >= 15 is 0 Å². The Morgan fingerprint density at radius 1 is 0.647 bits per heavy atom. The van der Waals surface area contributed by atoms with Crippen molar-refractivity contribution in [2.24, 2.45) is 0 Å². The predicted molar refractivity (Wildman–Crippen MR) is 205 cm³/mol. The standard InChI is InChI=1S/C46H35N3O2/c1-46(2,3)33-24-25-47-40(27-33)32-13-10-12-31(26-32)37-16-4-6-18-41(37)49-30-48(42-19-7-8-20-43(42)49)34-14-11-15-35(28-34)50-36-22-23-45-39(29-36)38-17-5-9-21-44(38)51-45/h4-29H,1-3H3. The summed E-state index contributed by atoms with van der Waals surface area (Å²) in [6.07, 6.45) is 5.60. The van der Waals surface area contributed by atoms with Crippen LogP contribution in [0, 0.1) is 6.33 Å². The molecule has 51 heavy (non-hydrogen) atoms. The van der Waals surface area contributed by atoms with Crippen molar-refractivity contribution in [2.45, 2.75) is 26.2 Å². The first-order valence-corrected chi connectivity index (χ1v) is 17.2. The lowest BCUT2D eigenvalue weighted by Gasteiger charge is -2.19. The van der Waals surface area contributed by atoms with Gasteiger partial charge < -0.3 is 9.15 Å². The van der Waals surface area contributed by atoms with Gasteiger partial charge in [-0.25, -0.2) is 0 Å². The Balaban J connectivity index is 1.09. The smallest absolute Gasteiger partial charge is 0.269 e. The van der Waals surface area contributed by atoms with E-state index < -0.39 is 0 Å². The van der Waals surface area contributed by atoms with Crippen molar-refractivity contribution in [1.82, 2.24) is 9.55 Å². The van der Waals surface area contributed by atoms with Crippen LogP contribution in [0.4, 0.5) is 0 Å². The molecule has 0 bridgehead atoms. The molecule has 0 aliphatic carbocycles. The average molecular weight is 662 g/mol. The summed E-state index contributed by atoms with van der Waals surface area (Å²) in [4.78, 5) is 4.74. The third-order valence-electron chi connectivity index (χ3n) is 9.46. The minimum Gasteiger partial charge on any atom is -0.458 e. The zero-order valence-corrected chi connectivity index (χ0v) is 28.7. The van der Waals surface area contributed by atoms with Crippen LogP contribution in [0.25, 0.3) is 66.7 Å². The molecule has 0 unspecified atom stereocenters. The van der Waals surface area contributed by atoms with Crippen molar-refractivity contribution < 1.29 is 13.7 Å². The first-order chi connectivity index (χ1) is 24.9. The fourth-order valence-corrected chi connectivity index (χ4v) is 6.84. The topological polar surface area (TPSA) is 44.1 Å². The number of hydrogen-bond acceptors (Lipinski definition) is 3. The first kappa shape index (κ1) is 30.6. The van der Waals surface area contributed by atoms with Gasteiger partial charge in [-0.15, -0.1) is 0 Å². The van der Waals surface area contributed by atoms with E-state index in [2.05, 4.69) is 139 Å². The maximum absolute atomic E-state index is 6.44. The fourth-order valence-electron chi connectivity index (χ4n) is 6.84. The van der Waals surface area contributed by atoms with Crippen LogP contribution in [-0.2, 0) is 5.41 Å². The van der Waals surface area contributed by atoms with Crippen LogP contribution in [0.5, 0.6) is 11.5 Å². The van der Waals surface area contributed by atoms with Gasteiger partial charge in [0.2, 0.25) is 0 Å². The highest BCUT2D eigenvalue weighted by Gasteiger charge is 2.18. The monoisotopic (exact) mass is 661 g/mol. The van der Waals surface area contributed by atoms with Crippen molar-refractivity contribution in [3.63, 3.8) is 0 Å². The molecule has 0 N–H and O–H groups in total. The minimum absolute atomic E-state index is 0.0398. The van der Waals surface area contributed by atoms with E-state index in [0.717, 1.165) is 78.2 Å². The highest BCUT2D eigenvalue weighted by molar-refractivity contribution is 6.05. The molecule has 3 aromatic heterocycles. The van der Waals surface area contributed by atoms with Gasteiger partial charge >= 0.3 is 0 Å². The molecule has 0 aliphatic rings. The molecule has 0 saturated carbocycles. The van der Waals surface area contributed by atoms with Gasteiger partial charge in [0.15, 0.2) is 0 Å². The molecule has 6 aromatic carbocycles. The average Bonchev–Trinajstić information content (AvgIpc) is 3.74. The van der Waals surface area contributed by atoms with Gasteiger partial charge in [-0.3, -0.25) is 14.1 Å². The Bertz CT molecular complexity index is 2730. The Morgan fingerprint density at radius 3 is 2.33 bits per heavy atom. The molecule has 9 rings (SSSR count). The van der Waals surface area contributed by atoms with Crippen LogP contribution >= 0.6 is 0 Å². The zero-order valence-electron chi connectivity index (χ0n) is 28.7. The molecule has 0 spiro atoms. The number of nitrogens with zero attached hydrogens (tertiary/aromatic N) is 3. The molecule has 0 aliphatic heterocycles.